The number of carbonyl (C=O) groups excluding carboxylic acids is 1. The van der Waals surface area contributed by atoms with Crippen LogP contribution in [0.25, 0.3) is 0 Å². The van der Waals surface area contributed by atoms with Gasteiger partial charge in [-0.3, -0.25) is 9.59 Å². The molecule has 1 amide bonds. The number of allylic oxidation sites excluding steroid dienone is 1. The number of carboxylic acids is 1. The van der Waals surface area contributed by atoms with E-state index in [0.717, 1.165) is 31.6 Å². The molecule has 2 aliphatic rings. The van der Waals surface area contributed by atoms with E-state index < -0.39 is 11.9 Å². The average molecular weight is 332 g/mol. The van der Waals surface area contributed by atoms with Gasteiger partial charge in [-0.25, -0.2) is 4.68 Å². The van der Waals surface area contributed by atoms with Gasteiger partial charge < -0.3 is 10.4 Å². The molecule has 3 rings (SSSR count). The third kappa shape index (κ3) is 3.83. The molecule has 0 saturated heterocycles. The number of hydrogen-bond acceptors (Lipinski definition) is 4. The monoisotopic (exact) mass is 332 g/mol. The predicted molar refractivity (Wildman–Crippen MR) is 87.1 cm³/mol. The van der Waals surface area contributed by atoms with Crippen molar-refractivity contribution in [2.45, 2.75) is 57.5 Å². The zero-order valence-corrected chi connectivity index (χ0v) is 13.9. The minimum Gasteiger partial charge on any atom is -0.481 e. The van der Waals surface area contributed by atoms with E-state index in [2.05, 4.69) is 22.6 Å². The Balaban J connectivity index is 1.66. The van der Waals surface area contributed by atoms with Crippen LogP contribution in [0.4, 0.5) is 0 Å². The first-order valence-corrected chi connectivity index (χ1v) is 8.61. The predicted octanol–water partition coefficient (Wildman–Crippen LogP) is 1.94. The molecular formula is C17H24N4O3. The second kappa shape index (κ2) is 7.15. The van der Waals surface area contributed by atoms with Crippen LogP contribution in [0.1, 0.15) is 51.5 Å². The van der Waals surface area contributed by atoms with E-state index in [-0.39, 0.29) is 18.0 Å². The van der Waals surface area contributed by atoms with Gasteiger partial charge in [0.05, 0.1) is 24.2 Å². The highest BCUT2D eigenvalue weighted by molar-refractivity contribution is 5.88. The van der Waals surface area contributed by atoms with Crippen molar-refractivity contribution in [2.75, 3.05) is 0 Å². The van der Waals surface area contributed by atoms with E-state index in [0.29, 0.717) is 12.8 Å². The number of carbonyl (C=O) groups is 2. The van der Waals surface area contributed by atoms with Crippen LogP contribution in [0.15, 0.2) is 24.0 Å². The number of nitrogens with one attached hydrogen (secondary N) is 1. The quantitative estimate of drug-likeness (QED) is 0.821. The maximum absolute atomic E-state index is 12.4. The van der Waals surface area contributed by atoms with E-state index >= 15 is 0 Å². The van der Waals surface area contributed by atoms with Crippen molar-refractivity contribution in [3.63, 3.8) is 0 Å². The fourth-order valence-electron chi connectivity index (χ4n) is 3.75. The standard InChI is InChI=1S/C17H24N4O3/c1-11-2-4-12(5-3-11)8-16(22)19-14-9-13(17(23)24)10-15(14)21-7-6-18-20-21/h6-8,11,13-15H,2-5,9-10H2,1H3,(H,19,22)(H,23,24)/t11?,13?,14-,15+/m1/s1. The van der Waals surface area contributed by atoms with Gasteiger partial charge in [0.15, 0.2) is 0 Å². The number of nitrogens with zero attached hydrogens (tertiary/aromatic N) is 3. The van der Waals surface area contributed by atoms with Gasteiger partial charge in [0.1, 0.15) is 0 Å². The lowest BCUT2D eigenvalue weighted by atomic mass is 9.87. The molecule has 0 radical (unpaired) electrons. The summed E-state index contributed by atoms with van der Waals surface area (Å²) in [5, 5.41) is 20.1. The second-order valence-corrected chi connectivity index (χ2v) is 7.06. The van der Waals surface area contributed by atoms with Crippen molar-refractivity contribution in [2.24, 2.45) is 11.8 Å². The van der Waals surface area contributed by atoms with Gasteiger partial charge in [0.25, 0.3) is 0 Å². The summed E-state index contributed by atoms with van der Waals surface area (Å²) in [4.78, 5) is 23.7. The van der Waals surface area contributed by atoms with Crippen LogP contribution in [-0.4, -0.2) is 38.0 Å². The Bertz CT molecular complexity index is 616. The fourth-order valence-corrected chi connectivity index (χ4v) is 3.75. The lowest BCUT2D eigenvalue weighted by molar-refractivity contribution is -0.141. The molecular weight excluding hydrogens is 308 g/mol. The van der Waals surface area contributed by atoms with E-state index in [4.69, 9.17) is 0 Å². The molecule has 7 heteroatoms. The van der Waals surface area contributed by atoms with E-state index in [1.165, 1.54) is 5.57 Å². The van der Waals surface area contributed by atoms with Gasteiger partial charge in [-0.1, -0.05) is 17.7 Å². The zero-order chi connectivity index (χ0) is 17.1. The summed E-state index contributed by atoms with van der Waals surface area (Å²) >= 11 is 0. The maximum atomic E-state index is 12.4. The average Bonchev–Trinajstić information content (AvgIpc) is 3.18. The lowest BCUT2D eigenvalue weighted by Crippen LogP contribution is -2.38. The number of amides is 1. The van der Waals surface area contributed by atoms with Crippen LogP contribution in [0.3, 0.4) is 0 Å². The van der Waals surface area contributed by atoms with Crippen molar-refractivity contribution in [1.82, 2.24) is 20.3 Å². The van der Waals surface area contributed by atoms with Crippen LogP contribution in [0.2, 0.25) is 0 Å². The summed E-state index contributed by atoms with van der Waals surface area (Å²) in [5.41, 5.74) is 1.19. The van der Waals surface area contributed by atoms with E-state index in [1.54, 1.807) is 23.2 Å². The molecule has 1 aromatic heterocycles. The summed E-state index contributed by atoms with van der Waals surface area (Å²) in [6.45, 7) is 2.24. The Hall–Kier alpha value is -2.18. The topological polar surface area (TPSA) is 97.1 Å². The molecule has 0 aromatic carbocycles. The molecule has 1 aromatic rings. The highest BCUT2D eigenvalue weighted by Gasteiger charge is 2.40. The Morgan fingerprint density at radius 1 is 1.33 bits per heavy atom. The molecule has 7 nitrogen and oxygen atoms in total. The third-order valence-electron chi connectivity index (χ3n) is 5.24. The third-order valence-corrected chi connectivity index (χ3v) is 5.24. The summed E-state index contributed by atoms with van der Waals surface area (Å²) < 4.78 is 1.66. The largest absolute Gasteiger partial charge is 0.481 e. The Morgan fingerprint density at radius 2 is 2.08 bits per heavy atom. The molecule has 24 heavy (non-hydrogen) atoms. The van der Waals surface area contributed by atoms with Gasteiger partial charge in [0.2, 0.25) is 5.91 Å². The van der Waals surface area contributed by atoms with Crippen LogP contribution >= 0.6 is 0 Å². The van der Waals surface area contributed by atoms with Crippen LogP contribution in [0.5, 0.6) is 0 Å². The van der Waals surface area contributed by atoms with Crippen molar-refractivity contribution < 1.29 is 14.7 Å². The minimum absolute atomic E-state index is 0.124. The van der Waals surface area contributed by atoms with Crippen LogP contribution in [-0.2, 0) is 9.59 Å². The fraction of sp³-hybridized carbons (Fsp3) is 0.647. The number of aromatic nitrogens is 3. The molecule has 130 valence electrons. The Kier molecular flexibility index (Phi) is 4.97. The molecule has 2 N–H and O–H groups in total. The first kappa shape index (κ1) is 16.7. The molecule has 1 unspecified atom stereocenters. The Labute approximate surface area is 141 Å². The van der Waals surface area contributed by atoms with Gasteiger partial charge in [-0.15, -0.1) is 5.10 Å². The van der Waals surface area contributed by atoms with Crippen molar-refractivity contribution in [3.8, 4) is 0 Å². The van der Waals surface area contributed by atoms with E-state index in [9.17, 15) is 14.7 Å². The molecule has 2 aliphatic carbocycles. The minimum atomic E-state index is -0.823. The van der Waals surface area contributed by atoms with Gasteiger partial charge >= 0.3 is 5.97 Å². The molecule has 1 heterocycles. The summed E-state index contributed by atoms with van der Waals surface area (Å²) in [7, 11) is 0. The smallest absolute Gasteiger partial charge is 0.306 e. The molecule has 2 saturated carbocycles. The number of hydrogen-bond donors (Lipinski definition) is 2. The first-order chi connectivity index (χ1) is 11.5. The van der Waals surface area contributed by atoms with E-state index in [1.807, 2.05) is 0 Å². The van der Waals surface area contributed by atoms with Crippen LogP contribution in [0, 0.1) is 11.8 Å². The van der Waals surface area contributed by atoms with Crippen LogP contribution < -0.4 is 5.32 Å². The van der Waals surface area contributed by atoms with Crippen molar-refractivity contribution in [1.29, 1.82) is 0 Å². The van der Waals surface area contributed by atoms with Crippen molar-refractivity contribution >= 4 is 11.9 Å². The summed E-state index contributed by atoms with van der Waals surface area (Å²) in [6, 6.07) is -0.401. The maximum Gasteiger partial charge on any atom is 0.306 e. The summed E-state index contributed by atoms with van der Waals surface area (Å²) in [6.07, 6.45) is 10.1. The Morgan fingerprint density at radius 3 is 2.71 bits per heavy atom. The summed E-state index contributed by atoms with van der Waals surface area (Å²) in [5.74, 6) is -0.682. The second-order valence-electron chi connectivity index (χ2n) is 7.06. The molecule has 0 spiro atoms. The SMILES string of the molecule is CC1CCC(=CC(=O)N[C@@H]2CC(C(=O)O)C[C@@H]2n2ccnn2)CC1. The molecule has 0 bridgehead atoms. The molecule has 3 atom stereocenters. The molecule has 0 aliphatic heterocycles. The normalized spacial score (nSPS) is 30.1. The van der Waals surface area contributed by atoms with Gasteiger partial charge in [-0.05, 0) is 44.4 Å². The first-order valence-electron chi connectivity index (χ1n) is 8.61. The van der Waals surface area contributed by atoms with Crippen molar-refractivity contribution in [3.05, 3.63) is 24.0 Å². The lowest BCUT2D eigenvalue weighted by Gasteiger charge is -2.22. The zero-order valence-electron chi connectivity index (χ0n) is 13.9. The number of aliphatic carboxylic acids is 1. The number of carboxylic acid groups (broad SMARTS) is 1. The van der Waals surface area contributed by atoms with Gasteiger partial charge in [0, 0.05) is 12.3 Å². The van der Waals surface area contributed by atoms with Gasteiger partial charge in [-0.2, -0.15) is 0 Å². The highest BCUT2D eigenvalue weighted by atomic mass is 16.4. The highest BCUT2D eigenvalue weighted by Crippen LogP contribution is 2.35. The number of rotatable bonds is 4. The molecule has 2 fully saturated rings.